The molecule has 1 aliphatic carbocycles. The van der Waals surface area contributed by atoms with E-state index in [2.05, 4.69) is 12.1 Å². The maximum atomic E-state index is 8.54. The Labute approximate surface area is 101 Å². The number of aryl methyl sites for hydroxylation is 2. The molecular formula is C13H14ClNO. The van der Waals surface area contributed by atoms with E-state index in [0.717, 1.165) is 12.2 Å². The largest absolute Gasteiger partial charge is 0.491 e. The minimum atomic E-state index is -0.573. The normalized spacial score (nSPS) is 16.0. The Morgan fingerprint density at radius 3 is 2.81 bits per heavy atom. The molecule has 0 fully saturated rings. The number of nitriles is 1. The van der Waals surface area contributed by atoms with Gasteiger partial charge in [0.05, 0.1) is 6.07 Å². The summed E-state index contributed by atoms with van der Waals surface area (Å²) in [6.07, 6.45) is 4.85. The van der Waals surface area contributed by atoms with Gasteiger partial charge in [-0.2, -0.15) is 5.26 Å². The molecule has 0 aliphatic heterocycles. The molecular weight excluding hydrogens is 222 g/mol. The molecule has 0 saturated carbocycles. The maximum Gasteiger partial charge on any atom is 0.154 e. The van der Waals surface area contributed by atoms with Crippen molar-refractivity contribution in [3.63, 3.8) is 0 Å². The molecule has 0 radical (unpaired) electrons. The smallest absolute Gasteiger partial charge is 0.154 e. The van der Waals surface area contributed by atoms with Gasteiger partial charge in [0.25, 0.3) is 0 Å². The molecule has 0 aromatic heterocycles. The molecule has 0 spiro atoms. The molecule has 2 rings (SSSR count). The summed E-state index contributed by atoms with van der Waals surface area (Å²) in [5, 5.41) is 7.97. The summed E-state index contributed by atoms with van der Waals surface area (Å²) < 4.78 is 5.47. The molecule has 0 amide bonds. The third-order valence-corrected chi connectivity index (χ3v) is 3.08. The minimum Gasteiger partial charge on any atom is -0.491 e. The lowest BCUT2D eigenvalue weighted by atomic mass is 9.92. The van der Waals surface area contributed by atoms with Crippen LogP contribution in [0.3, 0.4) is 0 Å². The van der Waals surface area contributed by atoms with Crippen LogP contribution in [-0.2, 0) is 12.8 Å². The number of rotatable bonds is 3. The number of hydrogen-bond donors (Lipinski definition) is 0. The van der Waals surface area contributed by atoms with E-state index >= 15 is 0 Å². The van der Waals surface area contributed by atoms with Gasteiger partial charge in [0.1, 0.15) is 12.4 Å². The third kappa shape index (κ3) is 2.68. The average Bonchev–Trinajstić information content (AvgIpc) is 2.35. The van der Waals surface area contributed by atoms with Crippen LogP contribution in [0.1, 0.15) is 24.0 Å². The lowest BCUT2D eigenvalue weighted by Gasteiger charge is -2.16. The first kappa shape index (κ1) is 11.3. The van der Waals surface area contributed by atoms with Gasteiger partial charge in [-0.25, -0.2) is 0 Å². The first-order chi connectivity index (χ1) is 7.79. The molecule has 1 atom stereocenters. The van der Waals surface area contributed by atoms with Crippen LogP contribution in [0.2, 0.25) is 0 Å². The van der Waals surface area contributed by atoms with Crippen LogP contribution in [0, 0.1) is 11.3 Å². The number of nitrogens with zero attached hydrogens (tertiary/aromatic N) is 1. The highest BCUT2D eigenvalue weighted by Crippen LogP contribution is 2.25. The van der Waals surface area contributed by atoms with E-state index in [1.165, 1.54) is 30.4 Å². The van der Waals surface area contributed by atoms with Crippen LogP contribution in [0.15, 0.2) is 18.2 Å². The van der Waals surface area contributed by atoms with Crippen LogP contribution in [-0.4, -0.2) is 12.0 Å². The number of fused-ring (bicyclic) bond motifs is 1. The van der Waals surface area contributed by atoms with E-state index in [1.54, 1.807) is 0 Å². The van der Waals surface area contributed by atoms with Crippen molar-refractivity contribution in [3.05, 3.63) is 29.3 Å². The van der Waals surface area contributed by atoms with Gasteiger partial charge < -0.3 is 4.74 Å². The van der Waals surface area contributed by atoms with Crippen molar-refractivity contribution in [2.75, 3.05) is 6.61 Å². The molecule has 0 bridgehead atoms. The second kappa shape index (κ2) is 5.23. The van der Waals surface area contributed by atoms with Crippen molar-refractivity contribution in [1.29, 1.82) is 5.26 Å². The Kier molecular flexibility index (Phi) is 3.69. The van der Waals surface area contributed by atoms with Crippen molar-refractivity contribution < 1.29 is 4.74 Å². The fourth-order valence-electron chi connectivity index (χ4n) is 2.01. The summed E-state index contributed by atoms with van der Waals surface area (Å²) in [4.78, 5) is 0. The Balaban J connectivity index is 2.03. The average molecular weight is 236 g/mol. The van der Waals surface area contributed by atoms with Gasteiger partial charge in [-0.15, -0.1) is 11.6 Å². The number of alkyl halides is 1. The number of halogens is 1. The highest BCUT2D eigenvalue weighted by molar-refractivity contribution is 6.22. The molecule has 1 aliphatic rings. The van der Waals surface area contributed by atoms with Gasteiger partial charge in [-0.1, -0.05) is 6.07 Å². The van der Waals surface area contributed by atoms with Crippen molar-refractivity contribution in [1.82, 2.24) is 0 Å². The quantitative estimate of drug-likeness (QED) is 0.755. The van der Waals surface area contributed by atoms with Crippen LogP contribution >= 0.6 is 11.6 Å². The van der Waals surface area contributed by atoms with Crippen LogP contribution in [0.25, 0.3) is 0 Å². The first-order valence-corrected chi connectivity index (χ1v) is 6.01. The van der Waals surface area contributed by atoms with Gasteiger partial charge in [-0.05, 0) is 48.9 Å². The molecule has 1 unspecified atom stereocenters. The zero-order valence-corrected chi connectivity index (χ0v) is 9.83. The second-order valence-corrected chi connectivity index (χ2v) is 4.57. The molecule has 16 heavy (non-hydrogen) atoms. The summed E-state index contributed by atoms with van der Waals surface area (Å²) >= 11 is 5.67. The molecule has 0 N–H and O–H groups in total. The summed E-state index contributed by atoms with van der Waals surface area (Å²) in [6, 6.07) is 8.10. The fourth-order valence-corrected chi connectivity index (χ4v) is 2.07. The topological polar surface area (TPSA) is 33.0 Å². The Morgan fingerprint density at radius 1 is 1.31 bits per heavy atom. The van der Waals surface area contributed by atoms with Gasteiger partial charge in [0, 0.05) is 0 Å². The standard InChI is InChI=1S/C13H14ClNO/c14-12(8-15)9-16-13-6-5-10-3-1-2-4-11(10)7-13/h5-7,12H,1-4,9H2. The van der Waals surface area contributed by atoms with Gasteiger partial charge >= 0.3 is 0 Å². The molecule has 1 aromatic carbocycles. The van der Waals surface area contributed by atoms with Gasteiger partial charge in [0.15, 0.2) is 5.38 Å². The summed E-state index contributed by atoms with van der Waals surface area (Å²) in [6.45, 7) is 0.247. The predicted molar refractivity (Wildman–Crippen MR) is 63.8 cm³/mol. The predicted octanol–water partition coefficient (Wildman–Crippen LogP) is 3.08. The van der Waals surface area contributed by atoms with Crippen LogP contribution in [0.4, 0.5) is 0 Å². The first-order valence-electron chi connectivity index (χ1n) is 5.58. The summed E-state index contributed by atoms with van der Waals surface area (Å²) in [5.74, 6) is 0.821. The van der Waals surface area contributed by atoms with E-state index in [4.69, 9.17) is 21.6 Å². The van der Waals surface area contributed by atoms with E-state index in [0.29, 0.717) is 0 Å². The van der Waals surface area contributed by atoms with Crippen molar-refractivity contribution in [3.8, 4) is 11.8 Å². The number of benzene rings is 1. The van der Waals surface area contributed by atoms with Crippen LogP contribution in [0.5, 0.6) is 5.75 Å². The molecule has 0 heterocycles. The van der Waals surface area contributed by atoms with Crippen molar-refractivity contribution in [2.45, 2.75) is 31.1 Å². The summed E-state index contributed by atoms with van der Waals surface area (Å²) in [5.41, 5.74) is 2.81. The van der Waals surface area contributed by atoms with Gasteiger partial charge in [0.2, 0.25) is 0 Å². The lowest BCUT2D eigenvalue weighted by molar-refractivity contribution is 0.328. The molecule has 1 aromatic rings. The van der Waals surface area contributed by atoms with E-state index in [9.17, 15) is 0 Å². The van der Waals surface area contributed by atoms with Crippen molar-refractivity contribution >= 4 is 11.6 Å². The maximum absolute atomic E-state index is 8.54. The van der Waals surface area contributed by atoms with E-state index < -0.39 is 5.38 Å². The van der Waals surface area contributed by atoms with E-state index in [-0.39, 0.29) is 6.61 Å². The lowest BCUT2D eigenvalue weighted by Crippen LogP contribution is -2.10. The second-order valence-electron chi connectivity index (χ2n) is 4.05. The highest BCUT2D eigenvalue weighted by Gasteiger charge is 2.10. The van der Waals surface area contributed by atoms with E-state index in [1.807, 2.05) is 12.1 Å². The fraction of sp³-hybridized carbons (Fsp3) is 0.462. The van der Waals surface area contributed by atoms with Crippen LogP contribution < -0.4 is 4.74 Å². The van der Waals surface area contributed by atoms with Gasteiger partial charge in [-0.3, -0.25) is 0 Å². The zero-order valence-electron chi connectivity index (χ0n) is 9.08. The number of ether oxygens (including phenoxy) is 1. The zero-order chi connectivity index (χ0) is 11.4. The minimum absolute atomic E-state index is 0.247. The monoisotopic (exact) mass is 235 g/mol. The third-order valence-electron chi connectivity index (χ3n) is 2.86. The SMILES string of the molecule is N#CC(Cl)COc1ccc2c(c1)CCCC2. The molecule has 3 heteroatoms. The Morgan fingerprint density at radius 2 is 2.06 bits per heavy atom. The Hall–Kier alpha value is -1.20. The highest BCUT2D eigenvalue weighted by atomic mass is 35.5. The van der Waals surface area contributed by atoms with Crippen molar-refractivity contribution in [2.24, 2.45) is 0 Å². The molecule has 0 saturated heterocycles. The number of hydrogen-bond acceptors (Lipinski definition) is 2. The molecule has 84 valence electrons. The molecule has 2 nitrogen and oxygen atoms in total. The Bertz CT molecular complexity index is 411. The summed E-state index contributed by atoms with van der Waals surface area (Å²) in [7, 11) is 0.